The molecular formula is C10H15N5O4. The fourth-order valence-corrected chi connectivity index (χ4v) is 1.32. The number of pyridine rings is 1. The average Bonchev–Trinajstić information content (AvgIpc) is 2.38. The molecule has 1 aromatic heterocycles. The quantitative estimate of drug-likeness (QED) is 0.296. The third-order valence-electron chi connectivity index (χ3n) is 2.17. The monoisotopic (exact) mass is 269 g/mol. The van der Waals surface area contributed by atoms with Crippen LogP contribution in [0.5, 0.6) is 0 Å². The van der Waals surface area contributed by atoms with Crippen molar-refractivity contribution in [2.45, 2.75) is 19.9 Å². The van der Waals surface area contributed by atoms with Crippen molar-refractivity contribution < 1.29 is 14.5 Å². The predicted octanol–water partition coefficient (Wildman–Crippen LogP) is 0.639. The standard InChI is InChI=1S/C10H15N5O4/c1-3-19-10(16)6(2)12-8-4-7(15(17)18)5-9(13-8)14-11/h4-6H,3,11H2,1-2H3,(H2,12,13,14). The zero-order chi connectivity index (χ0) is 14.4. The van der Waals surface area contributed by atoms with E-state index in [1.165, 1.54) is 12.1 Å². The van der Waals surface area contributed by atoms with Gasteiger partial charge in [0.2, 0.25) is 0 Å². The van der Waals surface area contributed by atoms with Crippen LogP contribution in [-0.2, 0) is 9.53 Å². The number of carbonyl (C=O) groups is 1. The molecule has 1 heterocycles. The van der Waals surface area contributed by atoms with Crippen LogP contribution in [0.1, 0.15) is 13.8 Å². The average molecular weight is 269 g/mol. The number of nitro groups is 1. The normalized spacial score (nSPS) is 11.5. The molecule has 0 radical (unpaired) electrons. The van der Waals surface area contributed by atoms with Crippen molar-refractivity contribution in [1.29, 1.82) is 0 Å². The van der Waals surface area contributed by atoms with Crippen molar-refractivity contribution in [2.75, 3.05) is 17.3 Å². The number of nitrogens with two attached hydrogens (primary N) is 1. The Labute approximate surface area is 109 Å². The molecule has 1 rings (SSSR count). The zero-order valence-corrected chi connectivity index (χ0v) is 10.5. The molecule has 0 aliphatic carbocycles. The number of aromatic nitrogens is 1. The van der Waals surface area contributed by atoms with E-state index in [1.807, 2.05) is 0 Å². The molecule has 9 nitrogen and oxygen atoms in total. The Morgan fingerprint density at radius 1 is 1.58 bits per heavy atom. The summed E-state index contributed by atoms with van der Waals surface area (Å²) in [6.07, 6.45) is 0. The number of esters is 1. The SMILES string of the molecule is CCOC(=O)C(C)Nc1cc([N+](=O)[O-])cc(NN)n1. The Hall–Kier alpha value is -2.42. The molecule has 0 aliphatic heterocycles. The molecule has 0 fully saturated rings. The Kier molecular flexibility index (Phi) is 5.01. The summed E-state index contributed by atoms with van der Waals surface area (Å²) in [6.45, 7) is 3.50. The van der Waals surface area contributed by atoms with E-state index >= 15 is 0 Å². The molecule has 1 aromatic rings. The van der Waals surface area contributed by atoms with Gasteiger partial charge in [-0.25, -0.2) is 15.6 Å². The van der Waals surface area contributed by atoms with Crippen LogP contribution in [0, 0.1) is 10.1 Å². The predicted molar refractivity (Wildman–Crippen MR) is 68.4 cm³/mol. The zero-order valence-electron chi connectivity index (χ0n) is 10.5. The van der Waals surface area contributed by atoms with Gasteiger partial charge in [0.25, 0.3) is 5.69 Å². The van der Waals surface area contributed by atoms with E-state index < -0.39 is 16.9 Å². The second-order valence-corrected chi connectivity index (χ2v) is 3.62. The molecular weight excluding hydrogens is 254 g/mol. The third-order valence-corrected chi connectivity index (χ3v) is 2.17. The second-order valence-electron chi connectivity index (χ2n) is 3.62. The molecule has 9 heteroatoms. The van der Waals surface area contributed by atoms with E-state index in [1.54, 1.807) is 13.8 Å². The smallest absolute Gasteiger partial charge is 0.328 e. The summed E-state index contributed by atoms with van der Waals surface area (Å²) in [4.78, 5) is 25.5. The van der Waals surface area contributed by atoms with E-state index in [4.69, 9.17) is 10.6 Å². The molecule has 0 aromatic carbocycles. The molecule has 0 aliphatic rings. The number of rotatable bonds is 6. The highest BCUT2D eigenvalue weighted by Gasteiger charge is 2.17. The maximum absolute atomic E-state index is 11.4. The third kappa shape index (κ3) is 4.07. The minimum atomic E-state index is -0.680. The highest BCUT2D eigenvalue weighted by atomic mass is 16.6. The molecule has 0 amide bonds. The number of nitrogens with zero attached hydrogens (tertiary/aromatic N) is 2. The Balaban J connectivity index is 2.91. The van der Waals surface area contributed by atoms with Crippen LogP contribution in [0.4, 0.5) is 17.3 Å². The van der Waals surface area contributed by atoms with E-state index in [-0.39, 0.29) is 23.9 Å². The van der Waals surface area contributed by atoms with Crippen LogP contribution in [0.2, 0.25) is 0 Å². The summed E-state index contributed by atoms with van der Waals surface area (Å²) in [7, 11) is 0. The highest BCUT2D eigenvalue weighted by Crippen LogP contribution is 2.20. The van der Waals surface area contributed by atoms with Crippen LogP contribution in [-0.4, -0.2) is 28.5 Å². The summed E-state index contributed by atoms with van der Waals surface area (Å²) < 4.78 is 4.81. The molecule has 0 saturated carbocycles. The van der Waals surface area contributed by atoms with Crippen LogP contribution < -0.4 is 16.6 Å². The van der Waals surface area contributed by atoms with Gasteiger partial charge in [0, 0.05) is 0 Å². The van der Waals surface area contributed by atoms with Crippen LogP contribution in [0.25, 0.3) is 0 Å². The lowest BCUT2D eigenvalue weighted by Crippen LogP contribution is -2.28. The van der Waals surface area contributed by atoms with E-state index in [0.717, 1.165) is 0 Å². The van der Waals surface area contributed by atoms with E-state index in [9.17, 15) is 14.9 Å². The Bertz CT molecular complexity index is 479. The molecule has 0 bridgehead atoms. The van der Waals surface area contributed by atoms with Gasteiger partial charge in [0.1, 0.15) is 17.7 Å². The van der Waals surface area contributed by atoms with Gasteiger partial charge in [0.15, 0.2) is 0 Å². The molecule has 1 unspecified atom stereocenters. The number of ether oxygens (including phenoxy) is 1. The summed E-state index contributed by atoms with van der Waals surface area (Å²) in [6, 6.07) is 1.71. The molecule has 104 valence electrons. The summed E-state index contributed by atoms with van der Waals surface area (Å²) in [5.74, 6) is 4.97. The van der Waals surface area contributed by atoms with Crippen molar-refractivity contribution >= 4 is 23.3 Å². The first-order chi connectivity index (χ1) is 8.97. The van der Waals surface area contributed by atoms with E-state index in [0.29, 0.717) is 0 Å². The summed E-state index contributed by atoms with van der Waals surface area (Å²) >= 11 is 0. The molecule has 1 atom stereocenters. The first-order valence-corrected chi connectivity index (χ1v) is 5.54. The molecule has 0 saturated heterocycles. The highest BCUT2D eigenvalue weighted by molar-refractivity contribution is 5.78. The Morgan fingerprint density at radius 2 is 2.21 bits per heavy atom. The number of hydrogen-bond acceptors (Lipinski definition) is 8. The Morgan fingerprint density at radius 3 is 2.74 bits per heavy atom. The number of anilines is 2. The minimum absolute atomic E-state index is 0.118. The molecule has 0 spiro atoms. The number of carbonyl (C=O) groups excluding carboxylic acids is 1. The first kappa shape index (κ1) is 14.6. The number of hydrogen-bond donors (Lipinski definition) is 3. The largest absolute Gasteiger partial charge is 0.464 e. The maximum atomic E-state index is 11.4. The van der Waals surface area contributed by atoms with Crippen molar-refractivity contribution in [1.82, 2.24) is 4.98 Å². The van der Waals surface area contributed by atoms with Crippen LogP contribution in [0.15, 0.2) is 12.1 Å². The second kappa shape index (κ2) is 6.50. The van der Waals surface area contributed by atoms with Crippen LogP contribution in [0.3, 0.4) is 0 Å². The fourth-order valence-electron chi connectivity index (χ4n) is 1.32. The van der Waals surface area contributed by atoms with Gasteiger partial charge in [-0.1, -0.05) is 0 Å². The van der Waals surface area contributed by atoms with Crippen LogP contribution >= 0.6 is 0 Å². The first-order valence-electron chi connectivity index (χ1n) is 5.54. The number of nitrogen functional groups attached to an aromatic ring is 1. The lowest BCUT2D eigenvalue weighted by atomic mass is 10.3. The fraction of sp³-hybridized carbons (Fsp3) is 0.400. The van der Waals surface area contributed by atoms with Gasteiger partial charge in [-0.15, -0.1) is 0 Å². The number of hydrazine groups is 1. The molecule has 4 N–H and O–H groups in total. The van der Waals surface area contributed by atoms with Crippen molar-refractivity contribution in [2.24, 2.45) is 5.84 Å². The van der Waals surface area contributed by atoms with Crippen molar-refractivity contribution in [3.05, 3.63) is 22.2 Å². The van der Waals surface area contributed by atoms with Gasteiger partial charge < -0.3 is 15.5 Å². The van der Waals surface area contributed by atoms with Gasteiger partial charge in [0.05, 0.1) is 23.7 Å². The van der Waals surface area contributed by atoms with Crippen molar-refractivity contribution in [3.63, 3.8) is 0 Å². The maximum Gasteiger partial charge on any atom is 0.328 e. The summed E-state index contributed by atoms with van der Waals surface area (Å²) in [5, 5.41) is 13.4. The van der Waals surface area contributed by atoms with Gasteiger partial charge in [-0.2, -0.15) is 0 Å². The lowest BCUT2D eigenvalue weighted by Gasteiger charge is -2.13. The van der Waals surface area contributed by atoms with E-state index in [2.05, 4.69) is 15.7 Å². The summed E-state index contributed by atoms with van der Waals surface area (Å²) in [5.41, 5.74) is 2.03. The number of nitrogens with one attached hydrogen (secondary N) is 2. The minimum Gasteiger partial charge on any atom is -0.464 e. The van der Waals surface area contributed by atoms with Gasteiger partial charge >= 0.3 is 5.97 Å². The topological polar surface area (TPSA) is 132 Å². The van der Waals surface area contributed by atoms with Gasteiger partial charge in [-0.3, -0.25) is 10.1 Å². The molecule has 19 heavy (non-hydrogen) atoms. The van der Waals surface area contributed by atoms with Gasteiger partial charge in [-0.05, 0) is 13.8 Å². The lowest BCUT2D eigenvalue weighted by molar-refractivity contribution is -0.384. The van der Waals surface area contributed by atoms with Crippen molar-refractivity contribution in [3.8, 4) is 0 Å².